The number of nitrogens with one attached hydrogen (secondary N) is 3. The van der Waals surface area contributed by atoms with Crippen molar-refractivity contribution >= 4 is 39.0 Å². The lowest BCUT2D eigenvalue weighted by molar-refractivity contribution is -0.117. The van der Waals surface area contributed by atoms with Crippen LogP contribution in [0.5, 0.6) is 5.75 Å². The van der Waals surface area contributed by atoms with E-state index in [2.05, 4.69) is 25.8 Å². The molecule has 33 heavy (non-hydrogen) atoms. The number of hydrogen-bond acceptors (Lipinski definition) is 10. The van der Waals surface area contributed by atoms with Crippen molar-refractivity contribution in [1.29, 1.82) is 0 Å². The Labute approximate surface area is 195 Å². The average Bonchev–Trinajstić information content (AvgIpc) is 3.58. The van der Waals surface area contributed by atoms with Crippen molar-refractivity contribution in [3.05, 3.63) is 24.0 Å². The third kappa shape index (κ3) is 6.35. The van der Waals surface area contributed by atoms with Crippen molar-refractivity contribution in [2.24, 2.45) is 5.92 Å². The van der Waals surface area contributed by atoms with Crippen LogP contribution in [0.1, 0.15) is 34.4 Å². The van der Waals surface area contributed by atoms with Crippen LogP contribution in [0.15, 0.2) is 23.2 Å². The second kappa shape index (κ2) is 10.1. The first-order chi connectivity index (χ1) is 16.8. The van der Waals surface area contributed by atoms with Gasteiger partial charge in [-0.3, -0.25) is 9.59 Å². The van der Waals surface area contributed by atoms with Gasteiger partial charge >= 0.3 is 0 Å². The van der Waals surface area contributed by atoms with Gasteiger partial charge in [-0.15, -0.1) is 10.2 Å². The van der Waals surface area contributed by atoms with E-state index < -0.39 is 28.4 Å². The lowest BCUT2D eigenvalue weighted by Gasteiger charge is -2.17. The zero-order chi connectivity index (χ0) is 26.7. The fourth-order valence-corrected chi connectivity index (χ4v) is 3.63. The fraction of sp³-hybridized carbons (Fsp3) is 0.450. The smallest absolute Gasteiger partial charge is 0.273 e. The summed E-state index contributed by atoms with van der Waals surface area (Å²) in [5.74, 6) is -1.56. The molecule has 2 heterocycles. The average molecular weight is 482 g/mol. The number of sulfone groups is 1. The van der Waals surface area contributed by atoms with Gasteiger partial charge in [-0.1, -0.05) is 0 Å². The Kier molecular flexibility index (Phi) is 6.20. The predicted molar refractivity (Wildman–Crippen MR) is 119 cm³/mol. The second-order valence-electron chi connectivity index (χ2n) is 7.51. The normalized spacial score (nSPS) is 16.0. The lowest BCUT2D eigenvalue weighted by Crippen LogP contribution is -2.23. The van der Waals surface area contributed by atoms with Crippen molar-refractivity contribution < 1.29 is 31.6 Å². The van der Waals surface area contributed by atoms with Crippen molar-refractivity contribution in [3.63, 3.8) is 0 Å². The molecule has 1 aliphatic carbocycles. The highest BCUT2D eigenvalue weighted by Gasteiger charge is 2.30. The van der Waals surface area contributed by atoms with Gasteiger partial charge in [0.2, 0.25) is 5.91 Å². The molecule has 2 aromatic rings. The van der Waals surface area contributed by atoms with E-state index in [0.717, 1.165) is 19.1 Å². The predicted octanol–water partition coefficient (Wildman–Crippen LogP) is 1.14. The molecule has 178 valence electrons. The SMILES string of the molecule is [2H]C([2H])([2H])NC(=O)c1nnc(NC(=O)C2CC2)cc1Nc1ncc(O[C@@H](C)COC)cc1S(C)(=O)=O. The number of pyridine rings is 1. The Morgan fingerprint density at radius 3 is 2.70 bits per heavy atom. The Hall–Kier alpha value is -3.32. The van der Waals surface area contributed by atoms with Crippen LogP contribution in [0.3, 0.4) is 0 Å². The first kappa shape index (κ1) is 20.3. The molecule has 1 saturated carbocycles. The van der Waals surface area contributed by atoms with E-state index in [1.54, 1.807) is 12.2 Å². The molecule has 3 N–H and O–H groups in total. The van der Waals surface area contributed by atoms with Crippen LogP contribution in [0, 0.1) is 5.92 Å². The van der Waals surface area contributed by atoms with Crippen molar-refractivity contribution in [1.82, 2.24) is 20.5 Å². The van der Waals surface area contributed by atoms with E-state index >= 15 is 0 Å². The minimum absolute atomic E-state index is 0.0194. The number of carbonyl (C=O) groups is 2. The van der Waals surface area contributed by atoms with E-state index in [-0.39, 0.29) is 52.5 Å². The van der Waals surface area contributed by atoms with Gasteiger partial charge < -0.3 is 25.4 Å². The molecule has 0 radical (unpaired) electrons. The Bertz CT molecular complexity index is 1250. The van der Waals surface area contributed by atoms with Gasteiger partial charge in [0.05, 0.1) is 18.5 Å². The Morgan fingerprint density at radius 2 is 2.06 bits per heavy atom. The van der Waals surface area contributed by atoms with Gasteiger partial charge in [0, 0.05) is 42.5 Å². The molecule has 1 aliphatic rings. The highest BCUT2D eigenvalue weighted by molar-refractivity contribution is 7.90. The van der Waals surface area contributed by atoms with Crippen molar-refractivity contribution in [2.45, 2.75) is 30.8 Å². The largest absolute Gasteiger partial charge is 0.487 e. The molecule has 2 amide bonds. The summed E-state index contributed by atoms with van der Waals surface area (Å²) in [6.07, 6.45) is 3.33. The number of hydrogen-bond donors (Lipinski definition) is 3. The lowest BCUT2D eigenvalue weighted by atomic mass is 10.2. The standard InChI is InChI=1S/C20H26N6O6S/c1-11(10-31-3)32-13-7-15(33(4,29)30)18(22-9-13)23-14-8-16(24-19(27)12-5-6-12)25-26-17(14)20(28)21-2/h7-9,11-12H,5-6,10H2,1-4H3,(H,21,28)(H2,22,23,24,25,27)/t11-/m0/s1/i2D3. The molecule has 0 bridgehead atoms. The van der Waals surface area contributed by atoms with Gasteiger partial charge in [-0.2, -0.15) is 0 Å². The topological polar surface area (TPSA) is 162 Å². The maximum absolute atomic E-state index is 12.6. The maximum Gasteiger partial charge on any atom is 0.273 e. The van der Waals surface area contributed by atoms with Crippen LogP contribution in [-0.2, 0) is 19.4 Å². The monoisotopic (exact) mass is 481 g/mol. The highest BCUT2D eigenvalue weighted by atomic mass is 32.2. The number of nitrogens with zero attached hydrogens (tertiary/aromatic N) is 3. The summed E-state index contributed by atoms with van der Waals surface area (Å²) in [4.78, 5) is 28.6. The van der Waals surface area contributed by atoms with Crippen LogP contribution in [0.2, 0.25) is 0 Å². The molecule has 0 spiro atoms. The second-order valence-corrected chi connectivity index (χ2v) is 9.49. The number of amides is 2. The summed E-state index contributed by atoms with van der Waals surface area (Å²) in [5, 5.41) is 14.6. The molecule has 1 atom stereocenters. The van der Waals surface area contributed by atoms with E-state index in [1.165, 1.54) is 25.4 Å². The summed E-state index contributed by atoms with van der Waals surface area (Å²) in [7, 11) is -2.35. The van der Waals surface area contributed by atoms with E-state index in [9.17, 15) is 18.0 Å². The summed E-state index contributed by atoms with van der Waals surface area (Å²) in [6, 6.07) is 2.49. The van der Waals surface area contributed by atoms with Gasteiger partial charge in [-0.05, 0) is 19.8 Å². The summed E-state index contributed by atoms with van der Waals surface area (Å²) < 4.78 is 57.5. The van der Waals surface area contributed by atoms with Crippen molar-refractivity contribution in [2.75, 3.05) is 37.6 Å². The number of ether oxygens (including phenoxy) is 2. The molecule has 0 unspecified atom stereocenters. The fourth-order valence-electron chi connectivity index (χ4n) is 2.84. The first-order valence-electron chi connectivity index (χ1n) is 11.4. The Morgan fingerprint density at radius 1 is 1.30 bits per heavy atom. The minimum atomic E-state index is -3.85. The van der Waals surface area contributed by atoms with Gasteiger partial charge in [0.25, 0.3) is 5.91 Å². The van der Waals surface area contributed by atoms with Crippen LogP contribution < -0.4 is 20.7 Å². The summed E-state index contributed by atoms with van der Waals surface area (Å²) >= 11 is 0. The summed E-state index contributed by atoms with van der Waals surface area (Å²) in [5.41, 5.74) is -0.581. The third-order valence-electron chi connectivity index (χ3n) is 4.54. The first-order valence-corrected chi connectivity index (χ1v) is 11.8. The van der Waals surface area contributed by atoms with Crippen LogP contribution in [0.4, 0.5) is 17.3 Å². The quantitative estimate of drug-likeness (QED) is 0.449. The van der Waals surface area contributed by atoms with Gasteiger partial charge in [0.1, 0.15) is 22.6 Å². The molecule has 0 aliphatic heterocycles. The molecule has 12 nitrogen and oxygen atoms in total. The van der Waals surface area contributed by atoms with Crippen LogP contribution in [-0.4, -0.2) is 68.5 Å². The minimum Gasteiger partial charge on any atom is -0.487 e. The molecule has 13 heteroatoms. The van der Waals surface area contributed by atoms with Gasteiger partial charge in [0.15, 0.2) is 21.3 Å². The number of carbonyl (C=O) groups excluding carboxylic acids is 2. The number of methoxy groups -OCH3 is 1. The van der Waals surface area contributed by atoms with Crippen molar-refractivity contribution in [3.8, 4) is 5.75 Å². The van der Waals surface area contributed by atoms with E-state index in [4.69, 9.17) is 13.6 Å². The van der Waals surface area contributed by atoms with Gasteiger partial charge in [-0.25, -0.2) is 13.4 Å². The number of aromatic nitrogens is 3. The molecule has 0 saturated heterocycles. The number of anilines is 3. The highest BCUT2D eigenvalue weighted by Crippen LogP contribution is 2.31. The molecule has 1 fully saturated rings. The Balaban J connectivity index is 2.00. The zero-order valence-corrected chi connectivity index (χ0v) is 19.0. The molecule has 0 aromatic carbocycles. The van der Waals surface area contributed by atoms with E-state index in [0.29, 0.717) is 0 Å². The maximum atomic E-state index is 12.6. The van der Waals surface area contributed by atoms with Crippen LogP contribution in [0.25, 0.3) is 0 Å². The zero-order valence-electron chi connectivity index (χ0n) is 21.2. The molecule has 3 rings (SSSR count). The molecular weight excluding hydrogens is 452 g/mol. The molecular formula is C20H26N6O6S. The molecule has 2 aromatic heterocycles. The third-order valence-corrected chi connectivity index (χ3v) is 5.65. The van der Waals surface area contributed by atoms with Crippen LogP contribution >= 0.6 is 0 Å². The number of rotatable bonds is 10. The van der Waals surface area contributed by atoms with E-state index in [1.807, 2.05) is 0 Å². The summed E-state index contributed by atoms with van der Waals surface area (Å²) in [6.45, 7) is -0.830.